The predicted molar refractivity (Wildman–Crippen MR) is 167 cm³/mol. The van der Waals surface area contributed by atoms with Crippen molar-refractivity contribution >= 4 is 29.6 Å². The summed E-state index contributed by atoms with van der Waals surface area (Å²) in [6, 6.07) is 4.29. The third-order valence-corrected chi connectivity index (χ3v) is 6.23. The van der Waals surface area contributed by atoms with Crippen molar-refractivity contribution in [3.63, 3.8) is 0 Å². The first kappa shape index (κ1) is 37.8. The summed E-state index contributed by atoms with van der Waals surface area (Å²) in [5.41, 5.74) is 0.633. The van der Waals surface area contributed by atoms with Crippen molar-refractivity contribution in [2.75, 3.05) is 65.2 Å². The highest BCUT2D eigenvalue weighted by Gasteiger charge is 2.31. The normalized spacial score (nSPS) is 15.0. The molecule has 1 aliphatic rings. The molecule has 1 aromatic rings. The maximum Gasteiger partial charge on any atom is 0.407 e. The smallest absolute Gasteiger partial charge is 0.407 e. The van der Waals surface area contributed by atoms with Gasteiger partial charge < -0.3 is 44.0 Å². The van der Waals surface area contributed by atoms with Crippen LogP contribution in [0.4, 0.5) is 10.5 Å². The topological polar surface area (TPSA) is 151 Å². The lowest BCUT2D eigenvalue weighted by atomic mass is 10.1. The van der Waals surface area contributed by atoms with E-state index in [1.165, 1.54) is 7.11 Å². The van der Waals surface area contributed by atoms with Crippen LogP contribution in [0.3, 0.4) is 0 Å². The first-order valence-corrected chi connectivity index (χ1v) is 15.4. The van der Waals surface area contributed by atoms with E-state index in [2.05, 4.69) is 10.6 Å². The van der Waals surface area contributed by atoms with Gasteiger partial charge >= 0.3 is 18.0 Å². The molecule has 13 heteroatoms. The molecule has 254 valence electrons. The van der Waals surface area contributed by atoms with Crippen molar-refractivity contribution in [2.45, 2.75) is 84.6 Å². The van der Waals surface area contributed by atoms with Gasteiger partial charge in [0.2, 0.25) is 5.91 Å². The van der Waals surface area contributed by atoms with Gasteiger partial charge in [0.25, 0.3) is 0 Å². The average molecular weight is 638 g/mol. The molecule has 0 fully saturated rings. The summed E-state index contributed by atoms with van der Waals surface area (Å²) in [7, 11) is 1.28. The number of methoxy groups -OCH3 is 1. The van der Waals surface area contributed by atoms with Crippen molar-refractivity contribution in [2.24, 2.45) is 0 Å². The molecule has 13 nitrogen and oxygen atoms in total. The lowest BCUT2D eigenvalue weighted by molar-refractivity contribution is -0.144. The van der Waals surface area contributed by atoms with Gasteiger partial charge in [0, 0.05) is 38.5 Å². The van der Waals surface area contributed by atoms with Crippen LogP contribution in [0.2, 0.25) is 0 Å². The van der Waals surface area contributed by atoms with Gasteiger partial charge in [-0.1, -0.05) is 0 Å². The molecule has 45 heavy (non-hydrogen) atoms. The Balaban J connectivity index is 1.72. The first-order chi connectivity index (χ1) is 21.2. The number of nitrogens with one attached hydrogen (secondary N) is 2. The molecular weight excluding hydrogens is 586 g/mol. The van der Waals surface area contributed by atoms with Crippen LogP contribution >= 0.6 is 0 Å². The van der Waals surface area contributed by atoms with Crippen LogP contribution in [0.15, 0.2) is 18.2 Å². The fourth-order valence-electron chi connectivity index (χ4n) is 4.24. The number of ether oxygens (including phenoxy) is 6. The number of fused-ring (bicyclic) bond motifs is 1. The molecule has 0 spiro atoms. The van der Waals surface area contributed by atoms with Gasteiger partial charge in [-0.15, -0.1) is 0 Å². The van der Waals surface area contributed by atoms with Gasteiger partial charge in [-0.25, -0.2) is 9.59 Å². The zero-order valence-electron chi connectivity index (χ0n) is 27.8. The van der Waals surface area contributed by atoms with Crippen molar-refractivity contribution in [3.05, 3.63) is 29.3 Å². The van der Waals surface area contributed by atoms with Crippen molar-refractivity contribution < 1.29 is 47.6 Å². The Labute approximate surface area is 266 Å². The Hall–Kier alpha value is -3.42. The number of hydrogen-bond acceptors (Lipinski definition) is 11. The third-order valence-electron chi connectivity index (χ3n) is 6.23. The van der Waals surface area contributed by atoms with Crippen LogP contribution < -0.4 is 10.6 Å². The Bertz CT molecular complexity index is 1110. The molecule has 0 radical (unpaired) electrons. The van der Waals surface area contributed by atoms with Crippen LogP contribution in [0.25, 0.3) is 0 Å². The number of alkyl carbamates (subject to hydrolysis) is 1. The standard InChI is InChI=1S/C32H51N3O10/c1-31(2,3)44-29(38)23-10-11-25-24(20-23)22-35(28(37)26(34-25)21-27(36)40-7)13-9-15-42-17-19-43-18-16-41-14-8-12-33-30(39)45-32(4,5)6/h10-11,20,26,34H,8-9,12-19,21-22H2,1-7H3,(H,33,39)/t26-/m0/s1. The lowest BCUT2D eigenvalue weighted by Gasteiger charge is -2.24. The number of hydrogen-bond donors (Lipinski definition) is 2. The molecule has 0 aromatic heterocycles. The summed E-state index contributed by atoms with van der Waals surface area (Å²) in [6.07, 6.45) is 0.665. The molecule has 0 bridgehead atoms. The summed E-state index contributed by atoms with van der Waals surface area (Å²) < 4.78 is 32.2. The molecule has 2 amide bonds. The quantitative estimate of drug-likeness (QED) is 0.146. The second-order valence-electron chi connectivity index (χ2n) is 12.6. The Morgan fingerprint density at radius 1 is 0.889 bits per heavy atom. The highest BCUT2D eigenvalue weighted by atomic mass is 16.6. The van der Waals surface area contributed by atoms with Crippen molar-refractivity contribution in [1.29, 1.82) is 0 Å². The molecule has 0 unspecified atom stereocenters. The van der Waals surface area contributed by atoms with Crippen molar-refractivity contribution in [1.82, 2.24) is 10.2 Å². The second kappa shape index (κ2) is 18.5. The number of carbonyl (C=O) groups is 4. The number of esters is 2. The van der Waals surface area contributed by atoms with Crippen LogP contribution in [-0.2, 0) is 44.6 Å². The largest absolute Gasteiger partial charge is 0.469 e. The molecule has 1 aliphatic heterocycles. The Morgan fingerprint density at radius 2 is 1.49 bits per heavy atom. The SMILES string of the molecule is COC(=O)C[C@@H]1Nc2ccc(C(=O)OC(C)(C)C)cc2CN(CCCOCCOCCOCCCNC(=O)OC(C)(C)C)C1=O. The minimum absolute atomic E-state index is 0.125. The van der Waals surface area contributed by atoms with Gasteiger partial charge in [-0.3, -0.25) is 9.59 Å². The number of carbonyl (C=O) groups excluding carboxylic acids is 4. The maximum atomic E-state index is 13.4. The van der Waals surface area contributed by atoms with Gasteiger partial charge in [0.15, 0.2) is 0 Å². The second-order valence-corrected chi connectivity index (χ2v) is 12.6. The van der Waals surface area contributed by atoms with E-state index in [-0.39, 0.29) is 18.9 Å². The van der Waals surface area contributed by atoms with Gasteiger partial charge in [0.05, 0.1) is 45.5 Å². The van der Waals surface area contributed by atoms with E-state index >= 15 is 0 Å². The summed E-state index contributed by atoms with van der Waals surface area (Å²) in [5.74, 6) is -1.19. The molecule has 2 rings (SSSR count). The predicted octanol–water partition coefficient (Wildman–Crippen LogP) is 3.68. The lowest BCUT2D eigenvalue weighted by Crippen LogP contribution is -2.42. The molecule has 1 heterocycles. The molecule has 0 aliphatic carbocycles. The third kappa shape index (κ3) is 15.4. The van der Waals surface area contributed by atoms with Crippen LogP contribution in [0.1, 0.15) is 76.7 Å². The number of nitrogens with zero attached hydrogens (tertiary/aromatic N) is 1. The Morgan fingerprint density at radius 3 is 2.09 bits per heavy atom. The fraction of sp³-hybridized carbons (Fsp3) is 0.688. The first-order valence-electron chi connectivity index (χ1n) is 15.4. The molecule has 0 saturated carbocycles. The van der Waals surface area contributed by atoms with E-state index in [0.29, 0.717) is 76.8 Å². The van der Waals surface area contributed by atoms with Crippen molar-refractivity contribution in [3.8, 4) is 0 Å². The zero-order chi connectivity index (χ0) is 33.5. The van der Waals surface area contributed by atoms with Gasteiger partial charge in [-0.05, 0) is 78.1 Å². The molecule has 1 atom stereocenters. The summed E-state index contributed by atoms with van der Waals surface area (Å²) in [5, 5.41) is 5.84. The highest BCUT2D eigenvalue weighted by molar-refractivity contribution is 5.93. The van der Waals surface area contributed by atoms with E-state index in [4.69, 9.17) is 28.4 Å². The zero-order valence-corrected chi connectivity index (χ0v) is 27.8. The number of rotatable bonds is 17. The van der Waals surface area contributed by atoms with Crippen LogP contribution in [-0.4, -0.2) is 106 Å². The highest BCUT2D eigenvalue weighted by Crippen LogP contribution is 2.27. The summed E-state index contributed by atoms with van der Waals surface area (Å²) >= 11 is 0. The minimum atomic E-state index is -0.802. The van der Waals surface area contributed by atoms with Gasteiger partial charge in [-0.2, -0.15) is 0 Å². The molecular formula is C32H51N3O10. The molecule has 0 saturated heterocycles. The monoisotopic (exact) mass is 637 g/mol. The fourth-order valence-corrected chi connectivity index (χ4v) is 4.24. The number of benzene rings is 1. The summed E-state index contributed by atoms with van der Waals surface area (Å²) in [4.78, 5) is 51.3. The maximum absolute atomic E-state index is 13.4. The number of anilines is 1. The average Bonchev–Trinajstić information content (AvgIpc) is 3.06. The van der Waals surface area contributed by atoms with Crippen LogP contribution in [0, 0.1) is 0 Å². The van der Waals surface area contributed by atoms with Gasteiger partial charge in [0.1, 0.15) is 17.2 Å². The van der Waals surface area contributed by atoms with E-state index in [0.717, 1.165) is 5.56 Å². The minimum Gasteiger partial charge on any atom is -0.469 e. The summed E-state index contributed by atoms with van der Waals surface area (Å²) in [6.45, 7) is 14.5. The van der Waals surface area contributed by atoms with E-state index in [9.17, 15) is 19.2 Å². The van der Waals surface area contributed by atoms with E-state index < -0.39 is 35.3 Å². The molecule has 1 aromatic carbocycles. The van der Waals surface area contributed by atoms with E-state index in [1.54, 1.807) is 43.9 Å². The van der Waals surface area contributed by atoms with E-state index in [1.807, 2.05) is 20.8 Å². The number of amides is 2. The van der Waals surface area contributed by atoms with Crippen LogP contribution in [0.5, 0.6) is 0 Å². The molecule has 2 N–H and O–H groups in total. The Kier molecular flexibility index (Phi) is 15.5.